The Kier molecular flexibility index (Phi) is 3.84. The average Bonchev–Trinajstić information content (AvgIpc) is 2.11. The molecule has 0 saturated carbocycles. The number of halogens is 4. The Hall–Kier alpha value is -0.670. The zero-order chi connectivity index (χ0) is 10.7. The SMILES string of the molecule is N#Cc1c(Br)ccc(Br)c1OC(F)F. The molecule has 6 heteroatoms. The Morgan fingerprint density at radius 1 is 1.29 bits per heavy atom. The van der Waals surface area contributed by atoms with Gasteiger partial charge in [-0.2, -0.15) is 14.0 Å². The average molecular weight is 327 g/mol. The van der Waals surface area contributed by atoms with Gasteiger partial charge >= 0.3 is 6.61 Å². The summed E-state index contributed by atoms with van der Waals surface area (Å²) in [6.45, 7) is -2.95. The van der Waals surface area contributed by atoms with E-state index < -0.39 is 6.61 Å². The van der Waals surface area contributed by atoms with Gasteiger partial charge in [-0.15, -0.1) is 0 Å². The molecule has 0 fully saturated rings. The van der Waals surface area contributed by atoms with Crippen LogP contribution in [0.5, 0.6) is 5.75 Å². The van der Waals surface area contributed by atoms with Gasteiger partial charge in [0.05, 0.1) is 4.47 Å². The van der Waals surface area contributed by atoms with Crippen molar-refractivity contribution < 1.29 is 13.5 Å². The molecule has 0 aliphatic carbocycles. The number of ether oxygens (including phenoxy) is 1. The van der Waals surface area contributed by atoms with Gasteiger partial charge < -0.3 is 4.74 Å². The largest absolute Gasteiger partial charge is 0.432 e. The number of nitrogens with zero attached hydrogens (tertiary/aromatic N) is 1. The third kappa shape index (κ3) is 2.42. The molecule has 0 aliphatic heterocycles. The molecule has 0 aliphatic rings. The van der Waals surface area contributed by atoms with Crippen molar-refractivity contribution >= 4 is 31.9 Å². The van der Waals surface area contributed by atoms with Crippen molar-refractivity contribution in [3.63, 3.8) is 0 Å². The molecule has 0 radical (unpaired) electrons. The number of hydrogen-bond donors (Lipinski definition) is 0. The third-order valence-corrected chi connectivity index (χ3v) is 2.66. The van der Waals surface area contributed by atoms with Crippen molar-refractivity contribution in [1.29, 1.82) is 5.26 Å². The first-order chi connectivity index (χ1) is 6.56. The fourth-order valence-electron chi connectivity index (χ4n) is 0.842. The van der Waals surface area contributed by atoms with Crippen LogP contribution < -0.4 is 4.74 Å². The van der Waals surface area contributed by atoms with E-state index in [-0.39, 0.29) is 11.3 Å². The van der Waals surface area contributed by atoms with Gasteiger partial charge in [0.1, 0.15) is 11.6 Å². The molecule has 0 heterocycles. The molecule has 1 rings (SSSR count). The number of alkyl halides is 2. The van der Waals surface area contributed by atoms with Gasteiger partial charge in [-0.05, 0) is 44.0 Å². The zero-order valence-corrected chi connectivity index (χ0v) is 9.77. The normalized spacial score (nSPS) is 10.0. The van der Waals surface area contributed by atoms with Crippen LogP contribution in [0.4, 0.5) is 8.78 Å². The van der Waals surface area contributed by atoms with Crippen molar-refractivity contribution in [1.82, 2.24) is 0 Å². The van der Waals surface area contributed by atoms with E-state index in [1.54, 1.807) is 12.1 Å². The summed E-state index contributed by atoms with van der Waals surface area (Å²) < 4.78 is 28.9. The van der Waals surface area contributed by atoms with Gasteiger partial charge in [-0.3, -0.25) is 0 Å². The molecule has 0 amide bonds. The number of hydrogen-bond acceptors (Lipinski definition) is 2. The molecular formula is C8H3Br2F2NO. The van der Waals surface area contributed by atoms with Crippen LogP contribution in [0, 0.1) is 11.3 Å². The molecule has 0 aromatic heterocycles. The van der Waals surface area contributed by atoms with Gasteiger partial charge in [0.25, 0.3) is 0 Å². The number of benzene rings is 1. The lowest BCUT2D eigenvalue weighted by Gasteiger charge is -2.09. The molecule has 0 spiro atoms. The van der Waals surface area contributed by atoms with Crippen LogP contribution in [0.2, 0.25) is 0 Å². The van der Waals surface area contributed by atoms with E-state index in [1.165, 1.54) is 6.07 Å². The van der Waals surface area contributed by atoms with Crippen LogP contribution in [0.25, 0.3) is 0 Å². The summed E-state index contributed by atoms with van der Waals surface area (Å²) in [4.78, 5) is 0. The molecule has 74 valence electrons. The Balaban J connectivity index is 3.25. The van der Waals surface area contributed by atoms with Crippen molar-refractivity contribution in [3.05, 3.63) is 26.6 Å². The van der Waals surface area contributed by atoms with Gasteiger partial charge in [-0.1, -0.05) is 0 Å². The monoisotopic (exact) mass is 325 g/mol. The lowest BCUT2D eigenvalue weighted by atomic mass is 10.2. The second kappa shape index (κ2) is 4.71. The van der Waals surface area contributed by atoms with Gasteiger partial charge in [-0.25, -0.2) is 0 Å². The smallest absolute Gasteiger partial charge is 0.387 e. The predicted octanol–water partition coefficient (Wildman–Crippen LogP) is 3.68. The van der Waals surface area contributed by atoms with Gasteiger partial charge in [0.15, 0.2) is 5.75 Å². The van der Waals surface area contributed by atoms with Crippen LogP contribution in [0.15, 0.2) is 21.1 Å². The lowest BCUT2D eigenvalue weighted by molar-refractivity contribution is -0.0505. The highest BCUT2D eigenvalue weighted by Crippen LogP contribution is 2.34. The molecule has 2 nitrogen and oxygen atoms in total. The molecule has 0 atom stereocenters. The summed E-state index contributed by atoms with van der Waals surface area (Å²) in [5, 5.41) is 8.71. The predicted molar refractivity (Wildman–Crippen MR) is 53.2 cm³/mol. The highest BCUT2D eigenvalue weighted by Gasteiger charge is 2.15. The minimum absolute atomic E-state index is 0.0414. The van der Waals surface area contributed by atoms with E-state index in [0.717, 1.165) is 0 Å². The van der Waals surface area contributed by atoms with Gasteiger partial charge in [0.2, 0.25) is 0 Å². The minimum atomic E-state index is -2.95. The van der Waals surface area contributed by atoms with Crippen molar-refractivity contribution in [2.75, 3.05) is 0 Å². The quantitative estimate of drug-likeness (QED) is 0.830. The summed E-state index contributed by atoms with van der Waals surface area (Å²) in [5.41, 5.74) is 0.0414. The van der Waals surface area contributed by atoms with Crippen LogP contribution in [0.3, 0.4) is 0 Å². The van der Waals surface area contributed by atoms with Crippen molar-refractivity contribution in [3.8, 4) is 11.8 Å². The molecule has 0 N–H and O–H groups in total. The van der Waals surface area contributed by atoms with E-state index in [4.69, 9.17) is 5.26 Å². The van der Waals surface area contributed by atoms with Crippen LogP contribution in [-0.2, 0) is 0 Å². The zero-order valence-electron chi connectivity index (χ0n) is 6.60. The maximum Gasteiger partial charge on any atom is 0.387 e. The van der Waals surface area contributed by atoms with E-state index in [2.05, 4.69) is 36.6 Å². The highest BCUT2D eigenvalue weighted by atomic mass is 79.9. The second-order valence-electron chi connectivity index (χ2n) is 2.22. The molecule has 14 heavy (non-hydrogen) atoms. The van der Waals surface area contributed by atoms with Crippen LogP contribution in [-0.4, -0.2) is 6.61 Å². The summed E-state index contributed by atoms with van der Waals surface area (Å²) in [6, 6.07) is 4.86. The fourth-order valence-corrected chi connectivity index (χ4v) is 1.67. The van der Waals surface area contributed by atoms with Crippen molar-refractivity contribution in [2.45, 2.75) is 6.61 Å². The second-order valence-corrected chi connectivity index (χ2v) is 3.93. The van der Waals surface area contributed by atoms with E-state index in [1.807, 2.05) is 0 Å². The molecule has 0 saturated heterocycles. The first-order valence-corrected chi connectivity index (χ1v) is 4.97. The standard InChI is InChI=1S/C8H3Br2F2NO/c9-5-1-2-6(10)7(4(5)3-13)14-8(11)12/h1-2,8H. The fraction of sp³-hybridized carbons (Fsp3) is 0.125. The highest BCUT2D eigenvalue weighted by molar-refractivity contribution is 9.11. The molecule has 0 unspecified atom stereocenters. The lowest BCUT2D eigenvalue weighted by Crippen LogP contribution is -2.04. The first kappa shape index (κ1) is 11.4. The Labute approximate surface area is 95.7 Å². The Bertz CT molecular complexity index is 390. The Morgan fingerprint density at radius 3 is 2.36 bits per heavy atom. The summed E-state index contributed by atoms with van der Waals surface area (Å²) in [6.07, 6.45) is 0. The number of nitriles is 1. The third-order valence-electron chi connectivity index (χ3n) is 1.38. The van der Waals surface area contributed by atoms with Gasteiger partial charge in [0, 0.05) is 4.47 Å². The summed E-state index contributed by atoms with van der Waals surface area (Å²) in [7, 11) is 0. The minimum Gasteiger partial charge on any atom is -0.432 e. The summed E-state index contributed by atoms with van der Waals surface area (Å²) in [5.74, 6) is -0.156. The van der Waals surface area contributed by atoms with E-state index in [9.17, 15) is 8.78 Å². The van der Waals surface area contributed by atoms with E-state index in [0.29, 0.717) is 8.95 Å². The Morgan fingerprint density at radius 2 is 1.86 bits per heavy atom. The first-order valence-electron chi connectivity index (χ1n) is 3.39. The topological polar surface area (TPSA) is 33.0 Å². The maximum atomic E-state index is 12.0. The van der Waals surface area contributed by atoms with Crippen LogP contribution >= 0.6 is 31.9 Å². The molecule has 1 aromatic carbocycles. The maximum absolute atomic E-state index is 12.0. The molecule has 0 bridgehead atoms. The molecular weight excluding hydrogens is 324 g/mol. The number of rotatable bonds is 2. The summed E-state index contributed by atoms with van der Waals surface area (Å²) >= 11 is 6.08. The molecule has 1 aromatic rings. The van der Waals surface area contributed by atoms with Crippen molar-refractivity contribution in [2.24, 2.45) is 0 Å². The van der Waals surface area contributed by atoms with E-state index >= 15 is 0 Å². The van der Waals surface area contributed by atoms with Crippen LogP contribution in [0.1, 0.15) is 5.56 Å².